The Morgan fingerprint density at radius 3 is 1.86 bits per heavy atom. The van der Waals surface area contributed by atoms with Crippen LogP contribution >= 0.6 is 0 Å². The van der Waals surface area contributed by atoms with Gasteiger partial charge in [-0.3, -0.25) is 0 Å². The van der Waals surface area contributed by atoms with E-state index < -0.39 is 0 Å². The summed E-state index contributed by atoms with van der Waals surface area (Å²) in [4.78, 5) is 0. The Hall–Kier alpha value is 0.740. The molecule has 1 saturated carbocycles. The molecule has 0 nitrogen and oxygen atoms in total. The second-order valence-electron chi connectivity index (χ2n) is 2.16. The summed E-state index contributed by atoms with van der Waals surface area (Å²) in [5.74, 6) is 0. The van der Waals surface area contributed by atoms with Crippen molar-refractivity contribution in [1.29, 1.82) is 0 Å². The number of hydrogen-bond donors (Lipinski definition) is 0. The zero-order valence-electron chi connectivity index (χ0n) is 4.54. The third-order valence-electron chi connectivity index (χ3n) is 1.46. The Morgan fingerprint density at radius 2 is 1.57 bits per heavy atom. The molecule has 0 aliphatic heterocycles. The molecule has 0 bridgehead atoms. The molecular formula is C6H10Hf+2. The van der Waals surface area contributed by atoms with E-state index in [1.54, 1.807) is 0 Å². The van der Waals surface area contributed by atoms with Crippen molar-refractivity contribution in [2.75, 3.05) is 0 Å². The van der Waals surface area contributed by atoms with Crippen LogP contribution in [0.2, 0.25) is 0 Å². The first kappa shape index (κ1) is 5.87. The molecule has 1 fully saturated rings. The van der Waals surface area contributed by atoms with E-state index in [9.17, 15) is 0 Å². The molecule has 0 heterocycles. The van der Waals surface area contributed by atoms with Crippen LogP contribution in [0.15, 0.2) is 0 Å². The summed E-state index contributed by atoms with van der Waals surface area (Å²) in [6.45, 7) is 0. The van der Waals surface area contributed by atoms with Gasteiger partial charge in [0, 0.05) is 0 Å². The van der Waals surface area contributed by atoms with Gasteiger partial charge in [-0.1, -0.05) is 0 Å². The SMILES string of the molecule is [Hf+2]=[C]1CCCCC1. The molecule has 0 N–H and O–H groups in total. The van der Waals surface area contributed by atoms with Crippen molar-refractivity contribution in [3.8, 4) is 0 Å². The van der Waals surface area contributed by atoms with Gasteiger partial charge in [0.05, 0.1) is 0 Å². The fraction of sp³-hybridized carbons (Fsp3) is 0.833. The molecule has 1 aliphatic carbocycles. The molecule has 1 aliphatic rings. The minimum atomic E-state index is 1.37. The van der Waals surface area contributed by atoms with Gasteiger partial charge in [0.2, 0.25) is 0 Å². The summed E-state index contributed by atoms with van der Waals surface area (Å²) < 4.78 is 1.85. The van der Waals surface area contributed by atoms with Gasteiger partial charge in [-0.15, -0.1) is 0 Å². The summed E-state index contributed by atoms with van der Waals surface area (Å²) in [5, 5.41) is 0. The van der Waals surface area contributed by atoms with Gasteiger partial charge in [-0.2, -0.15) is 0 Å². The maximum atomic E-state index is 1.85. The fourth-order valence-corrected chi connectivity index (χ4v) is 2.25. The summed E-state index contributed by atoms with van der Waals surface area (Å²) in [6.07, 6.45) is 7.39. The summed E-state index contributed by atoms with van der Waals surface area (Å²) in [7, 11) is 0. The van der Waals surface area contributed by atoms with E-state index in [1.807, 2.05) is 3.26 Å². The van der Waals surface area contributed by atoms with E-state index in [4.69, 9.17) is 0 Å². The predicted molar refractivity (Wildman–Crippen MR) is 28.1 cm³/mol. The van der Waals surface area contributed by atoms with Crippen molar-refractivity contribution in [3.63, 3.8) is 0 Å². The van der Waals surface area contributed by atoms with Crippen molar-refractivity contribution in [2.24, 2.45) is 0 Å². The van der Waals surface area contributed by atoms with Crippen LogP contribution in [-0.4, -0.2) is 3.26 Å². The molecule has 1 rings (SSSR count). The topological polar surface area (TPSA) is 0 Å². The van der Waals surface area contributed by atoms with Crippen molar-refractivity contribution in [3.05, 3.63) is 0 Å². The fourth-order valence-electron chi connectivity index (χ4n) is 0.979. The number of hydrogen-bond acceptors (Lipinski definition) is 0. The number of rotatable bonds is 0. The van der Waals surface area contributed by atoms with E-state index in [0.29, 0.717) is 0 Å². The Bertz CT molecular complexity index is 68.2. The minimum absolute atomic E-state index is 1.37. The van der Waals surface area contributed by atoms with Gasteiger partial charge >= 0.3 is 59.3 Å². The van der Waals surface area contributed by atoms with Crippen LogP contribution in [0.4, 0.5) is 0 Å². The molecule has 7 heavy (non-hydrogen) atoms. The molecule has 0 unspecified atom stereocenters. The average Bonchev–Trinajstić information content (AvgIpc) is 1.69. The van der Waals surface area contributed by atoms with Crippen LogP contribution < -0.4 is 0 Å². The third-order valence-corrected chi connectivity index (χ3v) is 3.25. The van der Waals surface area contributed by atoms with Crippen molar-refractivity contribution in [2.45, 2.75) is 32.1 Å². The van der Waals surface area contributed by atoms with Gasteiger partial charge < -0.3 is 0 Å². The molecule has 0 radical (unpaired) electrons. The second-order valence-corrected chi connectivity index (χ2v) is 4.70. The van der Waals surface area contributed by atoms with Gasteiger partial charge in [-0.25, -0.2) is 0 Å². The molecule has 0 aromatic carbocycles. The Kier molecular flexibility index (Phi) is 2.44. The van der Waals surface area contributed by atoms with Crippen LogP contribution in [-0.2, 0) is 23.9 Å². The first-order valence-corrected chi connectivity index (χ1v) is 4.75. The van der Waals surface area contributed by atoms with E-state index in [2.05, 4.69) is 0 Å². The third kappa shape index (κ3) is 1.98. The van der Waals surface area contributed by atoms with Crippen LogP contribution in [0, 0.1) is 0 Å². The Morgan fingerprint density at radius 1 is 1.00 bits per heavy atom. The summed E-state index contributed by atoms with van der Waals surface area (Å²) >= 11 is 1.37. The van der Waals surface area contributed by atoms with Crippen molar-refractivity contribution in [1.82, 2.24) is 0 Å². The summed E-state index contributed by atoms with van der Waals surface area (Å²) in [6, 6.07) is 0. The first-order valence-electron chi connectivity index (χ1n) is 2.96. The molecular weight excluding hydrogens is 251 g/mol. The van der Waals surface area contributed by atoms with Gasteiger partial charge in [0.15, 0.2) is 0 Å². The van der Waals surface area contributed by atoms with Crippen molar-refractivity contribution >= 4 is 3.26 Å². The van der Waals surface area contributed by atoms with Crippen molar-refractivity contribution < 1.29 is 23.9 Å². The van der Waals surface area contributed by atoms with E-state index in [-0.39, 0.29) is 0 Å². The zero-order chi connectivity index (χ0) is 5.11. The normalized spacial score (nSPS) is 22.9. The maximum absolute atomic E-state index is 1.85. The van der Waals surface area contributed by atoms with Gasteiger partial charge in [-0.05, 0) is 0 Å². The zero-order valence-corrected chi connectivity index (χ0v) is 8.13. The molecule has 36 valence electrons. The standard InChI is InChI=1S/C6H10.Hf/c1-2-4-6-5-3-1;/h1-5H2;/q;+2. The molecule has 1 heteroatoms. The molecule has 0 amide bonds. The van der Waals surface area contributed by atoms with E-state index in [0.717, 1.165) is 0 Å². The summed E-state index contributed by atoms with van der Waals surface area (Å²) in [5.41, 5.74) is 0. The van der Waals surface area contributed by atoms with Crippen LogP contribution in [0.1, 0.15) is 32.1 Å². The van der Waals surface area contributed by atoms with E-state index in [1.165, 1.54) is 56.0 Å². The predicted octanol–water partition coefficient (Wildman–Crippen LogP) is 1.67. The van der Waals surface area contributed by atoms with Gasteiger partial charge in [0.25, 0.3) is 0 Å². The second kappa shape index (κ2) is 2.91. The average molecular weight is 261 g/mol. The van der Waals surface area contributed by atoms with Crippen LogP contribution in [0.25, 0.3) is 0 Å². The van der Waals surface area contributed by atoms with Gasteiger partial charge in [0.1, 0.15) is 0 Å². The molecule has 0 aromatic rings. The first-order chi connectivity index (χ1) is 3.39. The molecule has 0 spiro atoms. The Balaban J connectivity index is 2.25. The van der Waals surface area contributed by atoms with Crippen LogP contribution in [0.3, 0.4) is 0 Å². The molecule has 0 atom stereocenters. The quantitative estimate of drug-likeness (QED) is 0.581. The van der Waals surface area contributed by atoms with Crippen LogP contribution in [0.5, 0.6) is 0 Å². The monoisotopic (exact) mass is 262 g/mol. The van der Waals surface area contributed by atoms with E-state index >= 15 is 0 Å². The molecule has 0 saturated heterocycles. The molecule has 0 aromatic heterocycles. The Labute approximate surface area is 59.3 Å².